The van der Waals surface area contributed by atoms with Crippen LogP contribution in [0.3, 0.4) is 0 Å². The van der Waals surface area contributed by atoms with Crippen LogP contribution in [-0.4, -0.2) is 5.84 Å². The number of amidine groups is 1. The van der Waals surface area contributed by atoms with E-state index in [-0.39, 0.29) is 0 Å². The lowest BCUT2D eigenvalue weighted by Gasteiger charge is -2.11. The third-order valence-corrected chi connectivity index (χ3v) is 3.71. The van der Waals surface area contributed by atoms with Crippen LogP contribution in [0.15, 0.2) is 83.9 Å². The van der Waals surface area contributed by atoms with Gasteiger partial charge in [0.1, 0.15) is 5.84 Å². The maximum absolute atomic E-state index is 4.85. The highest BCUT2D eigenvalue weighted by Crippen LogP contribution is 2.20. The summed E-state index contributed by atoms with van der Waals surface area (Å²) < 4.78 is 0. The van der Waals surface area contributed by atoms with Crippen molar-refractivity contribution in [2.24, 2.45) is 4.99 Å². The minimum absolute atomic E-state index is 0.851. The maximum Gasteiger partial charge on any atom is 0.138 e. The van der Waals surface area contributed by atoms with Gasteiger partial charge in [0.05, 0.1) is 5.69 Å². The highest BCUT2D eigenvalue weighted by atomic mass is 15.0. The van der Waals surface area contributed by atoms with Crippen molar-refractivity contribution in [3.05, 3.63) is 95.6 Å². The molecule has 0 saturated heterocycles. The standard InChI is InChI=1S/C21H20N2/c1-16-12-14-19(15-13-16)22-21(18-9-4-3-5-10-18)23-20-11-7-6-8-17(20)2/h3-15H,1-2H3,(H,22,23). The van der Waals surface area contributed by atoms with Crippen LogP contribution in [0.1, 0.15) is 16.7 Å². The fourth-order valence-electron chi connectivity index (χ4n) is 2.34. The highest BCUT2D eigenvalue weighted by Gasteiger charge is 2.05. The predicted octanol–water partition coefficient (Wildman–Crippen LogP) is 5.49. The fourth-order valence-corrected chi connectivity index (χ4v) is 2.34. The molecule has 2 nitrogen and oxygen atoms in total. The van der Waals surface area contributed by atoms with E-state index in [1.54, 1.807) is 0 Å². The molecule has 0 aromatic heterocycles. The van der Waals surface area contributed by atoms with Crippen molar-refractivity contribution in [2.75, 3.05) is 5.32 Å². The number of anilines is 1. The van der Waals surface area contributed by atoms with Gasteiger partial charge in [-0.1, -0.05) is 66.2 Å². The average molecular weight is 300 g/mol. The van der Waals surface area contributed by atoms with Gasteiger partial charge in [-0.2, -0.15) is 0 Å². The largest absolute Gasteiger partial charge is 0.340 e. The van der Waals surface area contributed by atoms with Gasteiger partial charge in [0.25, 0.3) is 0 Å². The van der Waals surface area contributed by atoms with Gasteiger partial charge >= 0.3 is 0 Å². The second-order valence-corrected chi connectivity index (χ2v) is 5.60. The summed E-state index contributed by atoms with van der Waals surface area (Å²) in [5.74, 6) is 0.851. The lowest BCUT2D eigenvalue weighted by atomic mass is 10.1. The molecule has 0 fully saturated rings. The first-order valence-corrected chi connectivity index (χ1v) is 7.76. The van der Waals surface area contributed by atoms with Gasteiger partial charge in [0.2, 0.25) is 0 Å². The van der Waals surface area contributed by atoms with Crippen LogP contribution in [0.5, 0.6) is 0 Å². The fraction of sp³-hybridized carbons (Fsp3) is 0.0952. The van der Waals surface area contributed by atoms with Gasteiger partial charge in [-0.05, 0) is 37.6 Å². The number of hydrogen-bond acceptors (Lipinski definition) is 1. The SMILES string of the molecule is Cc1ccc(NC(=Nc2ccccc2C)c2ccccc2)cc1. The smallest absolute Gasteiger partial charge is 0.138 e. The summed E-state index contributed by atoms with van der Waals surface area (Å²) in [6.07, 6.45) is 0. The molecule has 0 aliphatic rings. The van der Waals surface area contributed by atoms with Crippen molar-refractivity contribution in [1.29, 1.82) is 0 Å². The molecule has 3 rings (SSSR count). The van der Waals surface area contributed by atoms with E-state index in [0.717, 1.165) is 28.3 Å². The molecule has 0 saturated carbocycles. The average Bonchev–Trinajstić information content (AvgIpc) is 2.59. The van der Waals surface area contributed by atoms with Crippen LogP contribution in [0, 0.1) is 13.8 Å². The Morgan fingerprint density at radius 2 is 1.39 bits per heavy atom. The van der Waals surface area contributed by atoms with Crippen molar-refractivity contribution in [2.45, 2.75) is 13.8 Å². The molecule has 2 heteroatoms. The molecular formula is C21H20N2. The third-order valence-electron chi connectivity index (χ3n) is 3.71. The number of nitrogens with one attached hydrogen (secondary N) is 1. The van der Waals surface area contributed by atoms with Crippen molar-refractivity contribution in [1.82, 2.24) is 0 Å². The summed E-state index contributed by atoms with van der Waals surface area (Å²) in [6, 6.07) is 26.7. The Balaban J connectivity index is 2.00. The van der Waals surface area contributed by atoms with E-state index in [4.69, 9.17) is 4.99 Å². The molecule has 0 spiro atoms. The minimum atomic E-state index is 0.851. The molecule has 3 aromatic carbocycles. The zero-order chi connectivity index (χ0) is 16.1. The Morgan fingerprint density at radius 1 is 0.739 bits per heavy atom. The topological polar surface area (TPSA) is 24.4 Å². The van der Waals surface area contributed by atoms with Crippen LogP contribution >= 0.6 is 0 Å². The molecule has 0 radical (unpaired) electrons. The van der Waals surface area contributed by atoms with Crippen molar-refractivity contribution in [3.8, 4) is 0 Å². The molecule has 1 N–H and O–H groups in total. The number of nitrogens with zero attached hydrogens (tertiary/aromatic N) is 1. The first kappa shape index (κ1) is 15.0. The Labute approximate surface area is 137 Å². The van der Waals surface area contributed by atoms with Gasteiger partial charge in [-0.25, -0.2) is 4.99 Å². The zero-order valence-electron chi connectivity index (χ0n) is 13.5. The summed E-state index contributed by atoms with van der Waals surface area (Å²) in [5, 5.41) is 3.45. The molecule has 114 valence electrons. The van der Waals surface area contributed by atoms with Crippen molar-refractivity contribution < 1.29 is 0 Å². The van der Waals surface area contributed by atoms with Gasteiger partial charge in [0.15, 0.2) is 0 Å². The summed E-state index contributed by atoms with van der Waals surface area (Å²) in [6.45, 7) is 4.16. The predicted molar refractivity (Wildman–Crippen MR) is 98.6 cm³/mol. The molecule has 0 unspecified atom stereocenters. The minimum Gasteiger partial charge on any atom is -0.340 e. The number of aliphatic imine (C=N–C) groups is 1. The molecule has 3 aromatic rings. The summed E-state index contributed by atoms with van der Waals surface area (Å²) >= 11 is 0. The van der Waals surface area contributed by atoms with E-state index in [0.29, 0.717) is 0 Å². The monoisotopic (exact) mass is 300 g/mol. The Morgan fingerprint density at radius 3 is 2.09 bits per heavy atom. The quantitative estimate of drug-likeness (QED) is 0.501. The van der Waals surface area contributed by atoms with E-state index in [2.05, 4.69) is 61.6 Å². The Kier molecular flexibility index (Phi) is 4.53. The molecule has 23 heavy (non-hydrogen) atoms. The van der Waals surface area contributed by atoms with E-state index >= 15 is 0 Å². The lowest BCUT2D eigenvalue weighted by molar-refractivity contribution is 1.38. The molecule has 0 heterocycles. The second kappa shape index (κ2) is 6.93. The third kappa shape index (κ3) is 3.86. The molecule has 0 amide bonds. The summed E-state index contributed by atoms with van der Waals surface area (Å²) in [4.78, 5) is 4.85. The van der Waals surface area contributed by atoms with Gasteiger partial charge in [-0.3, -0.25) is 0 Å². The van der Waals surface area contributed by atoms with Gasteiger partial charge in [-0.15, -0.1) is 0 Å². The number of hydrogen-bond donors (Lipinski definition) is 1. The number of para-hydroxylation sites is 1. The van der Waals surface area contributed by atoms with Crippen LogP contribution < -0.4 is 5.32 Å². The molecule has 0 atom stereocenters. The van der Waals surface area contributed by atoms with Crippen LogP contribution in [0.4, 0.5) is 11.4 Å². The first-order chi connectivity index (χ1) is 11.2. The maximum atomic E-state index is 4.85. The normalized spacial score (nSPS) is 11.3. The van der Waals surface area contributed by atoms with Crippen molar-refractivity contribution in [3.63, 3.8) is 0 Å². The molecule has 0 aliphatic heterocycles. The molecular weight excluding hydrogens is 280 g/mol. The molecule has 0 aliphatic carbocycles. The van der Waals surface area contributed by atoms with Gasteiger partial charge < -0.3 is 5.32 Å². The summed E-state index contributed by atoms with van der Waals surface area (Å²) in [7, 11) is 0. The second-order valence-electron chi connectivity index (χ2n) is 5.60. The van der Waals surface area contributed by atoms with E-state index < -0.39 is 0 Å². The number of benzene rings is 3. The molecule has 0 bridgehead atoms. The van der Waals surface area contributed by atoms with Crippen LogP contribution in [0.2, 0.25) is 0 Å². The van der Waals surface area contributed by atoms with Crippen LogP contribution in [-0.2, 0) is 0 Å². The van der Waals surface area contributed by atoms with Gasteiger partial charge in [0, 0.05) is 11.3 Å². The van der Waals surface area contributed by atoms with Crippen LogP contribution in [0.25, 0.3) is 0 Å². The zero-order valence-corrected chi connectivity index (χ0v) is 13.5. The summed E-state index contributed by atoms with van der Waals surface area (Å²) in [5.41, 5.74) is 5.48. The lowest BCUT2D eigenvalue weighted by Crippen LogP contribution is -2.13. The highest BCUT2D eigenvalue weighted by molar-refractivity contribution is 6.09. The van der Waals surface area contributed by atoms with E-state index in [1.807, 2.05) is 36.4 Å². The first-order valence-electron chi connectivity index (χ1n) is 7.76. The van der Waals surface area contributed by atoms with E-state index in [9.17, 15) is 0 Å². The number of rotatable bonds is 3. The van der Waals surface area contributed by atoms with E-state index in [1.165, 1.54) is 5.56 Å². The Bertz CT molecular complexity index is 803. The Hall–Kier alpha value is -2.87. The number of aryl methyl sites for hydroxylation is 2. The van der Waals surface area contributed by atoms with Crippen molar-refractivity contribution >= 4 is 17.2 Å².